The van der Waals surface area contributed by atoms with E-state index in [1.807, 2.05) is 0 Å². The molecule has 14 nitrogen and oxygen atoms in total. The van der Waals surface area contributed by atoms with Gasteiger partial charge in [-0.3, -0.25) is 29.1 Å². The molecule has 2 rings (SSSR count). The molecule has 0 saturated carbocycles. The van der Waals surface area contributed by atoms with Gasteiger partial charge in [-0.05, 0) is 89.5 Å². The van der Waals surface area contributed by atoms with Crippen LogP contribution in [0.25, 0.3) is 11.4 Å². The minimum Gasteiger partial charge on any atom is -0.464 e. The number of unbranched alkanes of at least 4 members (excludes halogenated alkanes) is 18. The molecule has 0 spiro atoms. The summed E-state index contributed by atoms with van der Waals surface area (Å²) in [7, 11) is 0. The first-order chi connectivity index (χ1) is 32.1. The molecular weight excluding hydrogens is 837 g/mol. The molecule has 66 heavy (non-hydrogen) atoms. The van der Waals surface area contributed by atoms with E-state index in [0.29, 0.717) is 75.8 Å². The van der Waals surface area contributed by atoms with Crippen molar-refractivity contribution in [3.05, 3.63) is 47.8 Å². The van der Waals surface area contributed by atoms with Gasteiger partial charge in [-0.1, -0.05) is 117 Å². The van der Waals surface area contributed by atoms with E-state index >= 15 is 0 Å². The molecule has 0 aliphatic carbocycles. The van der Waals surface area contributed by atoms with Gasteiger partial charge in [0.1, 0.15) is 12.1 Å². The van der Waals surface area contributed by atoms with E-state index < -0.39 is 35.8 Å². The lowest BCUT2D eigenvalue weighted by Gasteiger charge is -2.18. The van der Waals surface area contributed by atoms with E-state index in [-0.39, 0.29) is 36.2 Å². The molecule has 0 aliphatic rings. The predicted octanol–water partition coefficient (Wildman–Crippen LogP) is 9.88. The molecule has 370 valence electrons. The summed E-state index contributed by atoms with van der Waals surface area (Å²) in [5.74, 6) is -2.02. The van der Waals surface area contributed by atoms with Gasteiger partial charge in [0.05, 0.1) is 24.6 Å². The maximum absolute atomic E-state index is 13.5. The fourth-order valence-electron chi connectivity index (χ4n) is 7.66. The lowest BCUT2D eigenvalue weighted by atomic mass is 10.1. The topological polar surface area (TPSA) is 195 Å². The molecule has 2 aromatic rings. The second-order valence-electron chi connectivity index (χ2n) is 17.3. The predicted molar refractivity (Wildman–Crippen MR) is 261 cm³/mol. The van der Waals surface area contributed by atoms with Crippen LogP contribution in [0, 0.1) is 0 Å². The van der Waals surface area contributed by atoms with Gasteiger partial charge >= 0.3 is 11.9 Å². The van der Waals surface area contributed by atoms with Gasteiger partial charge in [-0.25, -0.2) is 9.59 Å². The van der Waals surface area contributed by atoms with Gasteiger partial charge in [0, 0.05) is 49.5 Å². The number of pyridine rings is 2. The number of nitrogens with zero attached hydrogens (tertiary/aromatic N) is 2. The molecule has 2 aromatic heterocycles. The Kier molecular flexibility index (Phi) is 32.3. The summed E-state index contributed by atoms with van der Waals surface area (Å²) in [6, 6.07) is 4.32. The summed E-state index contributed by atoms with van der Waals surface area (Å²) in [5.41, 5.74) is 1.11. The molecule has 0 bridgehead atoms. The van der Waals surface area contributed by atoms with E-state index in [2.05, 4.69) is 45.1 Å². The van der Waals surface area contributed by atoms with E-state index in [0.717, 1.165) is 38.5 Å². The Bertz CT molecular complexity index is 1570. The van der Waals surface area contributed by atoms with Crippen LogP contribution in [0.4, 0.5) is 0 Å². The maximum Gasteiger partial charge on any atom is 0.328 e. The number of amides is 4. The molecule has 0 radical (unpaired) electrons. The Morgan fingerprint density at radius 2 is 0.818 bits per heavy atom. The fourth-order valence-corrected chi connectivity index (χ4v) is 7.66. The second-order valence-corrected chi connectivity index (χ2v) is 17.3. The summed E-state index contributed by atoms with van der Waals surface area (Å²) < 4.78 is 10.5. The van der Waals surface area contributed by atoms with Crippen molar-refractivity contribution in [2.45, 2.75) is 207 Å². The van der Waals surface area contributed by atoms with Crippen LogP contribution in [-0.2, 0) is 28.7 Å². The number of carbonyl (C=O) groups excluding carboxylic acids is 6. The number of hydrogen-bond donors (Lipinski definition) is 4. The van der Waals surface area contributed by atoms with Gasteiger partial charge in [0.15, 0.2) is 0 Å². The van der Waals surface area contributed by atoms with E-state index in [4.69, 9.17) is 9.47 Å². The molecule has 14 heteroatoms. The van der Waals surface area contributed by atoms with Gasteiger partial charge in [-0.15, -0.1) is 0 Å². The number of carbonyl (C=O) groups is 6. The Morgan fingerprint density at radius 1 is 0.470 bits per heavy atom. The Hall–Kier alpha value is -4.88. The average molecular weight is 921 g/mol. The van der Waals surface area contributed by atoms with Crippen molar-refractivity contribution < 1.29 is 38.2 Å². The van der Waals surface area contributed by atoms with Crippen LogP contribution < -0.4 is 21.3 Å². The summed E-state index contributed by atoms with van der Waals surface area (Å²) >= 11 is 0. The minimum atomic E-state index is -0.891. The Balaban J connectivity index is 1.87. The van der Waals surface area contributed by atoms with Crippen molar-refractivity contribution >= 4 is 35.6 Å². The highest BCUT2D eigenvalue weighted by Crippen LogP contribution is 2.19. The third kappa shape index (κ3) is 26.3. The molecule has 0 aromatic carbocycles. The van der Waals surface area contributed by atoms with Crippen LogP contribution in [0.3, 0.4) is 0 Å². The highest BCUT2D eigenvalue weighted by molar-refractivity contribution is 5.99. The van der Waals surface area contributed by atoms with Gasteiger partial charge in [0.2, 0.25) is 11.8 Å². The van der Waals surface area contributed by atoms with Crippen LogP contribution in [-0.4, -0.2) is 83.9 Å². The zero-order valence-electron chi connectivity index (χ0n) is 41.0. The normalized spacial score (nSPS) is 11.9. The second kappa shape index (κ2) is 37.2. The summed E-state index contributed by atoms with van der Waals surface area (Å²) in [5, 5.41) is 11.5. The molecule has 2 heterocycles. The fraction of sp³-hybridized carbons (Fsp3) is 0.692. The van der Waals surface area contributed by atoms with Gasteiger partial charge in [-0.2, -0.15) is 0 Å². The lowest BCUT2D eigenvalue weighted by Crippen LogP contribution is -2.42. The zero-order chi connectivity index (χ0) is 48.0. The highest BCUT2D eigenvalue weighted by Gasteiger charge is 2.25. The molecule has 0 unspecified atom stereocenters. The number of nitrogens with one attached hydrogen (secondary N) is 4. The molecule has 4 N–H and O–H groups in total. The van der Waals surface area contributed by atoms with Crippen molar-refractivity contribution in [1.29, 1.82) is 0 Å². The SMILES string of the molecule is CCCCCCCCCCCC(=O)NCCCC[C@H](NC(=O)c1ccnc(-c2cc(C(=O)N[C@@H](CCCCNC(=O)CCCCCCCCCCC)C(=O)OCC)ccn2)c1)C(=O)OCC. The molecule has 0 fully saturated rings. The third-order valence-electron chi connectivity index (χ3n) is 11.6. The van der Waals surface area contributed by atoms with Crippen LogP contribution in [0.1, 0.15) is 215 Å². The smallest absolute Gasteiger partial charge is 0.328 e. The monoisotopic (exact) mass is 921 g/mol. The van der Waals surface area contributed by atoms with Crippen LogP contribution in [0.5, 0.6) is 0 Å². The first kappa shape index (κ1) is 57.2. The summed E-state index contributed by atoms with van der Waals surface area (Å²) in [6.45, 7) is 9.15. The third-order valence-corrected chi connectivity index (χ3v) is 11.6. The number of ether oxygens (including phenoxy) is 2. The van der Waals surface area contributed by atoms with Gasteiger partial charge < -0.3 is 30.7 Å². The standard InChI is InChI=1S/C52H84N6O8/c1-5-9-11-13-15-17-19-21-23-31-47(59)55-35-27-25-29-43(51(63)65-7-3)57-49(61)41-33-37-53-45(39-41)46-40-42(34-38-54-46)50(62)58-44(52(64)66-8-4)30-26-28-36-56-48(60)32-24-22-20-18-16-14-12-10-6-2/h33-34,37-40,43-44H,5-32,35-36H2,1-4H3,(H,55,59)(H,56,60)(H,57,61)(H,58,62)/t43-,44-/m0/s1. The van der Waals surface area contributed by atoms with Crippen molar-refractivity contribution in [2.24, 2.45) is 0 Å². The number of esters is 2. The molecule has 0 saturated heterocycles. The van der Waals surface area contributed by atoms with Crippen LogP contribution in [0.2, 0.25) is 0 Å². The van der Waals surface area contributed by atoms with E-state index in [1.165, 1.54) is 114 Å². The molecular formula is C52H84N6O8. The van der Waals surface area contributed by atoms with Crippen molar-refractivity contribution in [2.75, 3.05) is 26.3 Å². The largest absolute Gasteiger partial charge is 0.464 e. The van der Waals surface area contributed by atoms with Gasteiger partial charge in [0.25, 0.3) is 11.8 Å². The summed E-state index contributed by atoms with van der Waals surface area (Å²) in [6.07, 6.45) is 28.6. The van der Waals surface area contributed by atoms with Crippen LogP contribution in [0.15, 0.2) is 36.7 Å². The van der Waals surface area contributed by atoms with Crippen molar-refractivity contribution in [3.8, 4) is 11.4 Å². The lowest BCUT2D eigenvalue weighted by molar-refractivity contribution is -0.146. The van der Waals surface area contributed by atoms with E-state index in [1.54, 1.807) is 13.8 Å². The molecule has 0 aliphatic heterocycles. The van der Waals surface area contributed by atoms with Crippen LogP contribution >= 0.6 is 0 Å². The number of aromatic nitrogens is 2. The molecule has 2 atom stereocenters. The Morgan fingerprint density at radius 3 is 1.17 bits per heavy atom. The maximum atomic E-state index is 13.5. The number of rotatable bonds is 39. The van der Waals surface area contributed by atoms with Crippen molar-refractivity contribution in [1.82, 2.24) is 31.2 Å². The van der Waals surface area contributed by atoms with E-state index in [9.17, 15) is 28.8 Å². The first-order valence-corrected chi connectivity index (χ1v) is 25.5. The highest BCUT2D eigenvalue weighted by atomic mass is 16.5. The average Bonchev–Trinajstić information content (AvgIpc) is 3.32. The number of hydrogen-bond acceptors (Lipinski definition) is 10. The summed E-state index contributed by atoms with van der Waals surface area (Å²) in [4.78, 5) is 86.1. The first-order valence-electron chi connectivity index (χ1n) is 25.5. The zero-order valence-corrected chi connectivity index (χ0v) is 41.0. The quantitative estimate of drug-likeness (QED) is 0.0370. The Labute approximate surface area is 396 Å². The van der Waals surface area contributed by atoms with Crippen molar-refractivity contribution in [3.63, 3.8) is 0 Å². The molecule has 4 amide bonds. The minimum absolute atomic E-state index is 0.0345.